The van der Waals surface area contributed by atoms with Gasteiger partial charge in [-0.2, -0.15) is 0 Å². The first-order valence-corrected chi connectivity index (χ1v) is 14.1. The van der Waals surface area contributed by atoms with Gasteiger partial charge in [0.1, 0.15) is 5.82 Å². The Morgan fingerprint density at radius 1 is 1.27 bits per heavy atom. The van der Waals surface area contributed by atoms with E-state index in [4.69, 9.17) is 9.73 Å². The lowest BCUT2D eigenvalue weighted by Gasteiger charge is -2.42. The second-order valence-electron chi connectivity index (χ2n) is 11.3. The number of aliphatic imine (C=N–C) groups is 1. The van der Waals surface area contributed by atoms with Crippen molar-refractivity contribution in [1.29, 1.82) is 0 Å². The molecule has 3 rings (SSSR count). The van der Waals surface area contributed by atoms with E-state index in [9.17, 15) is 13.9 Å². The molecule has 0 aliphatic carbocycles. The Balaban J connectivity index is 1.98. The van der Waals surface area contributed by atoms with Crippen molar-refractivity contribution in [3.05, 3.63) is 88.8 Å². The number of rotatable bonds is 11. The van der Waals surface area contributed by atoms with Crippen molar-refractivity contribution in [1.82, 2.24) is 0 Å². The van der Waals surface area contributed by atoms with E-state index in [-0.39, 0.29) is 18.4 Å². The maximum Gasteiger partial charge on any atom is 0.242 e. The predicted octanol–water partition coefficient (Wildman–Crippen LogP) is 8.35. The Bertz CT molecular complexity index is 1340. The van der Waals surface area contributed by atoms with Crippen LogP contribution in [0.4, 0.5) is 24.5 Å². The molecule has 1 aliphatic heterocycles. The molecule has 2 aromatic carbocycles. The number of ether oxygens (including phenoxy) is 1. The molecule has 1 heterocycles. The Kier molecular flexibility index (Phi) is 10.8. The molecule has 2 aromatic rings. The molecule has 0 saturated carbocycles. The first kappa shape index (κ1) is 32.4. The van der Waals surface area contributed by atoms with E-state index < -0.39 is 17.8 Å². The van der Waals surface area contributed by atoms with E-state index in [1.165, 1.54) is 6.07 Å². The van der Waals surface area contributed by atoms with Crippen molar-refractivity contribution in [2.45, 2.75) is 78.4 Å². The summed E-state index contributed by atoms with van der Waals surface area (Å²) in [5.74, 6) is -0.346. The highest BCUT2D eigenvalue weighted by molar-refractivity contribution is 5.93. The molecule has 0 amide bonds. The maximum atomic E-state index is 15.5. The number of aliphatic hydroxyl groups is 1. The summed E-state index contributed by atoms with van der Waals surface area (Å²) in [5.41, 5.74) is 5.30. The van der Waals surface area contributed by atoms with Gasteiger partial charge in [0.05, 0.1) is 23.9 Å². The second kappa shape index (κ2) is 13.7. The molecule has 2 atom stereocenters. The lowest BCUT2D eigenvalue weighted by Crippen LogP contribution is -2.46. The van der Waals surface area contributed by atoms with Gasteiger partial charge in [-0.3, -0.25) is 4.99 Å². The molecule has 0 bridgehead atoms. The van der Waals surface area contributed by atoms with Crippen LogP contribution in [0.25, 0.3) is 5.57 Å². The zero-order valence-corrected chi connectivity index (χ0v) is 25.3. The van der Waals surface area contributed by atoms with Crippen molar-refractivity contribution in [3.8, 4) is 0 Å². The monoisotopic (exact) mass is 568 g/mol. The van der Waals surface area contributed by atoms with Crippen LogP contribution < -0.4 is 4.90 Å². The van der Waals surface area contributed by atoms with Crippen LogP contribution in [0.3, 0.4) is 0 Å². The Morgan fingerprint density at radius 2 is 1.98 bits per heavy atom. The molecular weight excluding hydrogens is 525 g/mol. The highest BCUT2D eigenvalue weighted by Crippen LogP contribution is 2.41. The Labute approximate surface area is 243 Å². The van der Waals surface area contributed by atoms with E-state index in [2.05, 4.69) is 18.4 Å². The van der Waals surface area contributed by atoms with Gasteiger partial charge in [-0.25, -0.2) is 13.2 Å². The van der Waals surface area contributed by atoms with Gasteiger partial charge in [-0.1, -0.05) is 43.9 Å². The fourth-order valence-electron chi connectivity index (χ4n) is 5.39. The number of hydrogen-bond donors (Lipinski definition) is 1. The number of hydrogen-bond acceptors (Lipinski definition) is 4. The minimum absolute atomic E-state index is 0.0526. The van der Waals surface area contributed by atoms with Gasteiger partial charge in [0.2, 0.25) is 6.43 Å². The summed E-state index contributed by atoms with van der Waals surface area (Å²) in [5, 5.41) is 10.2. The van der Waals surface area contributed by atoms with Gasteiger partial charge in [-0.05, 0) is 86.9 Å². The van der Waals surface area contributed by atoms with Gasteiger partial charge >= 0.3 is 0 Å². The van der Waals surface area contributed by atoms with Gasteiger partial charge in [0.25, 0.3) is 0 Å². The number of anilines is 1. The summed E-state index contributed by atoms with van der Waals surface area (Å²) in [6.07, 6.45) is 3.28. The fraction of sp³-hybridized carbons (Fsp3) is 0.441. The third-order valence-corrected chi connectivity index (χ3v) is 7.78. The van der Waals surface area contributed by atoms with Crippen LogP contribution in [0.1, 0.15) is 69.2 Å². The molecule has 0 saturated heterocycles. The van der Waals surface area contributed by atoms with Crippen LogP contribution in [-0.4, -0.2) is 49.1 Å². The van der Waals surface area contributed by atoms with Crippen LogP contribution >= 0.6 is 0 Å². The maximum absolute atomic E-state index is 15.5. The standard InChI is InChI=1S/C34H43F3N2O2/c1-9-25(14-13-23(4)34(6,7)40)27-17-21(2)29(20-28(27)35)38-24(5)31-18-22(3)33-26(19-32(36)37)11-10-12-30(33)39(31)15-16-41-8/h9-14,17,20,22,31-32,40H,4,15-16,18-19H2,1-3,5-8H3/b14-13-,25-9+,38-24+. The van der Waals surface area contributed by atoms with Gasteiger partial charge in [0.15, 0.2) is 0 Å². The van der Waals surface area contributed by atoms with Crippen molar-refractivity contribution in [2.75, 3.05) is 25.2 Å². The molecule has 0 radical (unpaired) electrons. The predicted molar refractivity (Wildman–Crippen MR) is 164 cm³/mol. The van der Waals surface area contributed by atoms with Gasteiger partial charge < -0.3 is 14.7 Å². The minimum atomic E-state index is -2.41. The van der Waals surface area contributed by atoms with Crippen molar-refractivity contribution in [3.63, 3.8) is 0 Å². The number of aryl methyl sites for hydroxylation is 1. The average molecular weight is 569 g/mol. The highest BCUT2D eigenvalue weighted by atomic mass is 19.3. The lowest BCUT2D eigenvalue weighted by molar-refractivity contribution is 0.124. The van der Waals surface area contributed by atoms with Gasteiger partial charge in [-0.15, -0.1) is 0 Å². The van der Waals surface area contributed by atoms with Crippen molar-refractivity contribution < 1.29 is 23.0 Å². The van der Waals surface area contributed by atoms with E-state index >= 15 is 4.39 Å². The summed E-state index contributed by atoms with van der Waals surface area (Å²) < 4.78 is 47.6. The van der Waals surface area contributed by atoms with E-state index in [0.717, 1.165) is 22.5 Å². The number of benzene rings is 2. The summed E-state index contributed by atoms with van der Waals surface area (Å²) in [6.45, 7) is 16.0. The van der Waals surface area contributed by atoms with Crippen LogP contribution in [0.5, 0.6) is 0 Å². The van der Waals surface area contributed by atoms with E-state index in [1.54, 1.807) is 45.2 Å². The summed E-state index contributed by atoms with van der Waals surface area (Å²) >= 11 is 0. The molecule has 41 heavy (non-hydrogen) atoms. The van der Waals surface area contributed by atoms with E-state index in [0.29, 0.717) is 47.5 Å². The molecule has 0 spiro atoms. The summed E-state index contributed by atoms with van der Waals surface area (Å²) in [7, 11) is 1.64. The molecule has 2 unspecified atom stereocenters. The van der Waals surface area contributed by atoms with Crippen LogP contribution in [0.2, 0.25) is 0 Å². The van der Waals surface area contributed by atoms with Crippen LogP contribution in [-0.2, 0) is 11.2 Å². The molecule has 4 nitrogen and oxygen atoms in total. The number of alkyl halides is 2. The molecule has 0 aromatic heterocycles. The van der Waals surface area contributed by atoms with Crippen LogP contribution in [0.15, 0.2) is 65.7 Å². The summed E-state index contributed by atoms with van der Waals surface area (Å²) in [6, 6.07) is 8.75. The zero-order valence-electron chi connectivity index (χ0n) is 25.3. The first-order chi connectivity index (χ1) is 19.3. The van der Waals surface area contributed by atoms with Crippen LogP contribution in [0, 0.1) is 12.7 Å². The molecule has 1 aliphatic rings. The Hall–Kier alpha value is -3.16. The number of halogens is 3. The molecule has 7 heteroatoms. The first-order valence-electron chi connectivity index (χ1n) is 14.1. The summed E-state index contributed by atoms with van der Waals surface area (Å²) in [4.78, 5) is 7.09. The smallest absolute Gasteiger partial charge is 0.242 e. The quantitative estimate of drug-likeness (QED) is 0.219. The highest BCUT2D eigenvalue weighted by Gasteiger charge is 2.34. The number of nitrogens with zero attached hydrogens (tertiary/aromatic N) is 2. The topological polar surface area (TPSA) is 45.1 Å². The number of fused-ring (bicyclic) bond motifs is 1. The number of allylic oxidation sites excluding steroid dienone is 3. The average Bonchev–Trinajstić information content (AvgIpc) is 2.89. The van der Waals surface area contributed by atoms with Gasteiger partial charge in [0, 0.05) is 43.1 Å². The van der Waals surface area contributed by atoms with E-state index in [1.807, 2.05) is 39.0 Å². The third kappa shape index (κ3) is 7.77. The normalized spacial score (nSPS) is 18.4. The largest absolute Gasteiger partial charge is 0.386 e. The minimum Gasteiger partial charge on any atom is -0.386 e. The molecular formula is C34H43F3N2O2. The Morgan fingerprint density at radius 3 is 2.59 bits per heavy atom. The third-order valence-electron chi connectivity index (χ3n) is 7.78. The fourth-order valence-corrected chi connectivity index (χ4v) is 5.39. The van der Waals surface area contributed by atoms with Crippen molar-refractivity contribution in [2.24, 2.45) is 4.99 Å². The lowest BCUT2D eigenvalue weighted by atomic mass is 9.82. The molecule has 222 valence electrons. The van der Waals surface area contributed by atoms with Crippen molar-refractivity contribution >= 4 is 22.7 Å². The zero-order chi connectivity index (χ0) is 30.5. The SMILES string of the molecule is C=C(/C=C\C(=C/C)c1cc(C)c(/N=C(\C)C2CC(C)c3c(CC(F)F)cccc3N2CCOC)cc1F)C(C)(C)O. The second-order valence-corrected chi connectivity index (χ2v) is 11.3. The molecule has 0 fully saturated rings. The number of methoxy groups -OCH3 is 1. The molecule has 1 N–H and O–H groups in total.